The summed E-state index contributed by atoms with van der Waals surface area (Å²) in [4.78, 5) is 11.2. The van der Waals surface area contributed by atoms with Gasteiger partial charge in [0.15, 0.2) is 0 Å². The number of fused-ring (bicyclic) bond motifs is 1. The molecule has 0 saturated heterocycles. The molecular weight excluding hydrogens is 463 g/mol. The zero-order valence-electron chi connectivity index (χ0n) is 19.1. The van der Waals surface area contributed by atoms with Crippen LogP contribution in [0.5, 0.6) is 5.75 Å². The number of benzene rings is 3. The van der Waals surface area contributed by atoms with Crippen molar-refractivity contribution in [1.29, 1.82) is 0 Å². The summed E-state index contributed by atoms with van der Waals surface area (Å²) in [6.45, 7) is 9.87. The third-order valence-corrected chi connectivity index (χ3v) is 8.49. The van der Waals surface area contributed by atoms with Crippen LogP contribution in [-0.2, 0) is 17.4 Å². The van der Waals surface area contributed by atoms with E-state index in [1.165, 1.54) is 15.6 Å². The summed E-state index contributed by atoms with van der Waals surface area (Å²) in [6, 6.07) is 22.1. The SMILES string of the molecule is CC1(C)CCC(C)(C)c2c(OCc3ccccc3)cc([Se]c3ccc(C(=O)O)cc3)cc21. The van der Waals surface area contributed by atoms with Crippen LogP contribution in [0.15, 0.2) is 66.7 Å². The Morgan fingerprint density at radius 2 is 1.56 bits per heavy atom. The topological polar surface area (TPSA) is 46.5 Å². The van der Waals surface area contributed by atoms with E-state index in [0.717, 1.165) is 28.6 Å². The van der Waals surface area contributed by atoms with E-state index in [9.17, 15) is 9.90 Å². The Hall–Kier alpha value is -2.55. The fourth-order valence-corrected chi connectivity index (χ4v) is 6.28. The fourth-order valence-electron chi connectivity index (χ4n) is 4.42. The first kappa shape index (κ1) is 22.6. The Labute approximate surface area is 197 Å². The van der Waals surface area contributed by atoms with E-state index in [-0.39, 0.29) is 25.8 Å². The zero-order valence-corrected chi connectivity index (χ0v) is 20.9. The fraction of sp³-hybridized carbons (Fsp3) is 0.321. The number of carboxylic acid groups (broad SMARTS) is 1. The van der Waals surface area contributed by atoms with Gasteiger partial charge in [-0.1, -0.05) is 0 Å². The van der Waals surface area contributed by atoms with Crippen molar-refractivity contribution < 1.29 is 14.6 Å². The molecule has 0 atom stereocenters. The Morgan fingerprint density at radius 1 is 0.906 bits per heavy atom. The Bertz CT molecular complexity index is 1120. The van der Waals surface area contributed by atoms with E-state index in [4.69, 9.17) is 4.74 Å². The van der Waals surface area contributed by atoms with Crippen LogP contribution in [0.4, 0.5) is 0 Å². The molecule has 3 nitrogen and oxygen atoms in total. The van der Waals surface area contributed by atoms with Gasteiger partial charge in [0.2, 0.25) is 0 Å². The molecule has 0 aromatic heterocycles. The number of carboxylic acids is 1. The molecule has 0 aliphatic heterocycles. The van der Waals surface area contributed by atoms with Crippen molar-refractivity contribution in [3.05, 3.63) is 89.0 Å². The van der Waals surface area contributed by atoms with Crippen molar-refractivity contribution >= 4 is 29.8 Å². The van der Waals surface area contributed by atoms with E-state index in [1.807, 2.05) is 30.3 Å². The van der Waals surface area contributed by atoms with Crippen molar-refractivity contribution in [1.82, 2.24) is 0 Å². The first-order valence-electron chi connectivity index (χ1n) is 11.0. The summed E-state index contributed by atoms with van der Waals surface area (Å²) in [5, 5.41) is 9.18. The molecule has 0 saturated carbocycles. The maximum absolute atomic E-state index is 11.2. The Balaban J connectivity index is 1.73. The van der Waals surface area contributed by atoms with Crippen molar-refractivity contribution in [3.63, 3.8) is 0 Å². The van der Waals surface area contributed by atoms with Gasteiger partial charge in [-0.15, -0.1) is 0 Å². The van der Waals surface area contributed by atoms with Crippen LogP contribution in [0.1, 0.15) is 67.6 Å². The number of carbonyl (C=O) groups is 1. The molecule has 0 bridgehead atoms. The maximum atomic E-state index is 11.2. The number of ether oxygens (including phenoxy) is 1. The average Bonchev–Trinajstić information content (AvgIpc) is 2.76. The number of hydrogen-bond donors (Lipinski definition) is 1. The second-order valence-corrected chi connectivity index (χ2v) is 12.2. The predicted molar refractivity (Wildman–Crippen MR) is 131 cm³/mol. The summed E-state index contributed by atoms with van der Waals surface area (Å²) >= 11 is 0.0641. The third-order valence-electron chi connectivity index (χ3n) is 6.43. The van der Waals surface area contributed by atoms with Gasteiger partial charge in [0.25, 0.3) is 0 Å². The summed E-state index contributed by atoms with van der Waals surface area (Å²) in [5.74, 6) is 0.0987. The summed E-state index contributed by atoms with van der Waals surface area (Å²) < 4.78 is 8.90. The van der Waals surface area contributed by atoms with Gasteiger partial charge in [0, 0.05) is 0 Å². The van der Waals surface area contributed by atoms with Gasteiger partial charge in [0.1, 0.15) is 0 Å². The van der Waals surface area contributed by atoms with Gasteiger partial charge in [-0.25, -0.2) is 0 Å². The van der Waals surface area contributed by atoms with Crippen LogP contribution in [0.3, 0.4) is 0 Å². The second kappa shape index (κ2) is 8.77. The minimum absolute atomic E-state index is 0.0611. The van der Waals surface area contributed by atoms with Gasteiger partial charge in [-0.2, -0.15) is 0 Å². The Kier molecular flexibility index (Phi) is 6.20. The first-order valence-corrected chi connectivity index (χ1v) is 12.7. The van der Waals surface area contributed by atoms with E-state index >= 15 is 0 Å². The van der Waals surface area contributed by atoms with Gasteiger partial charge >= 0.3 is 197 Å². The molecule has 0 radical (unpaired) electrons. The van der Waals surface area contributed by atoms with E-state index in [2.05, 4.69) is 52.0 Å². The molecule has 166 valence electrons. The van der Waals surface area contributed by atoms with E-state index in [1.54, 1.807) is 12.1 Å². The average molecular weight is 494 g/mol. The third kappa shape index (κ3) is 4.77. The standard InChI is InChI=1S/C28H30O3Se/c1-27(2)14-15-28(3,4)25-23(27)16-22(32-21-12-10-20(11-13-21)26(29)30)17-24(25)31-18-19-8-6-5-7-9-19/h5-13,16-17H,14-15,18H2,1-4H3,(H,29,30). The molecule has 3 aromatic rings. The minimum atomic E-state index is -0.890. The molecule has 1 aliphatic rings. The van der Waals surface area contributed by atoms with Gasteiger partial charge in [0.05, 0.1) is 0 Å². The normalized spacial score (nSPS) is 16.2. The number of aromatic carboxylic acids is 1. The van der Waals surface area contributed by atoms with Gasteiger partial charge < -0.3 is 0 Å². The zero-order chi connectivity index (χ0) is 22.9. The molecule has 3 aromatic carbocycles. The monoisotopic (exact) mass is 494 g/mol. The molecule has 0 heterocycles. The second-order valence-electron chi connectivity index (χ2n) is 9.82. The molecule has 0 unspecified atom stereocenters. The van der Waals surface area contributed by atoms with Crippen molar-refractivity contribution in [2.75, 3.05) is 0 Å². The molecule has 4 rings (SSSR count). The molecule has 0 spiro atoms. The van der Waals surface area contributed by atoms with Gasteiger partial charge in [-0.3, -0.25) is 0 Å². The predicted octanol–water partition coefficient (Wildman–Crippen LogP) is 4.97. The molecule has 1 aliphatic carbocycles. The summed E-state index contributed by atoms with van der Waals surface area (Å²) in [6.07, 6.45) is 2.28. The summed E-state index contributed by atoms with van der Waals surface area (Å²) in [7, 11) is 0. The van der Waals surface area contributed by atoms with Crippen LogP contribution >= 0.6 is 0 Å². The van der Waals surface area contributed by atoms with Crippen LogP contribution in [0, 0.1) is 0 Å². The Morgan fingerprint density at radius 3 is 2.22 bits per heavy atom. The first-order chi connectivity index (χ1) is 15.2. The van der Waals surface area contributed by atoms with Crippen molar-refractivity contribution in [2.45, 2.75) is 58.0 Å². The van der Waals surface area contributed by atoms with Crippen molar-refractivity contribution in [2.24, 2.45) is 0 Å². The van der Waals surface area contributed by atoms with Crippen LogP contribution in [0.25, 0.3) is 0 Å². The molecule has 32 heavy (non-hydrogen) atoms. The van der Waals surface area contributed by atoms with Crippen LogP contribution < -0.4 is 13.7 Å². The molecule has 4 heteroatoms. The van der Waals surface area contributed by atoms with Crippen LogP contribution in [0.2, 0.25) is 0 Å². The molecule has 0 amide bonds. The van der Waals surface area contributed by atoms with E-state index in [0.29, 0.717) is 12.2 Å². The molecule has 1 N–H and O–H groups in total. The van der Waals surface area contributed by atoms with E-state index < -0.39 is 5.97 Å². The summed E-state index contributed by atoms with van der Waals surface area (Å²) in [5.41, 5.74) is 4.36. The number of rotatable bonds is 6. The number of hydrogen-bond acceptors (Lipinski definition) is 2. The van der Waals surface area contributed by atoms with Crippen LogP contribution in [-0.4, -0.2) is 26.0 Å². The quantitative estimate of drug-likeness (QED) is 0.494. The van der Waals surface area contributed by atoms with Crippen molar-refractivity contribution in [3.8, 4) is 5.75 Å². The molecule has 0 fully saturated rings. The van der Waals surface area contributed by atoms with Gasteiger partial charge in [-0.05, 0) is 0 Å². The molecular formula is C28H30O3Se.